The molecule has 1 atom stereocenters. The number of rotatable bonds is 3. The number of ether oxygens (including phenoxy) is 2. The number of carbonyl (C=O) groups is 1. The lowest BCUT2D eigenvalue weighted by Crippen LogP contribution is -2.27. The van der Waals surface area contributed by atoms with Crippen LogP contribution in [0.3, 0.4) is 0 Å². The van der Waals surface area contributed by atoms with Crippen molar-refractivity contribution in [3.8, 4) is 11.5 Å². The predicted molar refractivity (Wildman–Crippen MR) is 67.8 cm³/mol. The van der Waals surface area contributed by atoms with Crippen molar-refractivity contribution in [3.63, 3.8) is 0 Å². The van der Waals surface area contributed by atoms with E-state index in [9.17, 15) is 4.79 Å². The molecule has 1 aliphatic heterocycles. The molecule has 0 aromatic heterocycles. The van der Waals surface area contributed by atoms with E-state index < -0.39 is 0 Å². The van der Waals surface area contributed by atoms with Crippen molar-refractivity contribution in [1.82, 2.24) is 5.32 Å². The van der Waals surface area contributed by atoms with Crippen molar-refractivity contribution < 1.29 is 14.3 Å². The highest BCUT2D eigenvalue weighted by Gasteiger charge is 2.15. The Morgan fingerprint density at radius 1 is 1.41 bits per heavy atom. The summed E-state index contributed by atoms with van der Waals surface area (Å²) in [5.74, 6) is 1.47. The van der Waals surface area contributed by atoms with E-state index in [1.54, 1.807) is 0 Å². The van der Waals surface area contributed by atoms with E-state index in [1.165, 1.54) is 0 Å². The molecule has 0 radical (unpaired) electrons. The molecule has 0 spiro atoms. The molecule has 0 saturated carbocycles. The van der Waals surface area contributed by atoms with E-state index in [0.29, 0.717) is 18.5 Å². The number of nitrogens with one attached hydrogen (secondary N) is 1. The second-order valence-electron chi connectivity index (χ2n) is 3.83. The molecule has 1 heterocycles. The third kappa shape index (κ3) is 2.91. The molecular weight excluding hydrogens is 286 g/mol. The van der Waals surface area contributed by atoms with Gasteiger partial charge in [-0.2, -0.15) is 0 Å². The number of amides is 1. The van der Waals surface area contributed by atoms with Gasteiger partial charge in [-0.05, 0) is 24.6 Å². The summed E-state index contributed by atoms with van der Waals surface area (Å²) in [4.78, 5) is 11.3. The topological polar surface area (TPSA) is 47.6 Å². The van der Waals surface area contributed by atoms with E-state index in [0.717, 1.165) is 17.1 Å². The fourth-order valence-corrected chi connectivity index (χ4v) is 1.85. The number of alkyl halides is 1. The quantitative estimate of drug-likeness (QED) is 0.869. The van der Waals surface area contributed by atoms with Crippen LogP contribution in [0.15, 0.2) is 18.2 Å². The molecule has 1 unspecified atom stereocenters. The number of halogens is 1. The van der Waals surface area contributed by atoms with E-state index in [1.807, 2.05) is 25.1 Å². The molecule has 92 valence electrons. The van der Waals surface area contributed by atoms with Crippen LogP contribution in [0.1, 0.15) is 18.5 Å². The van der Waals surface area contributed by atoms with Crippen molar-refractivity contribution in [1.29, 1.82) is 0 Å². The van der Waals surface area contributed by atoms with Crippen LogP contribution >= 0.6 is 15.9 Å². The highest BCUT2D eigenvalue weighted by atomic mass is 79.9. The molecule has 1 amide bonds. The summed E-state index contributed by atoms with van der Waals surface area (Å²) in [5.41, 5.74) is 1.00. The van der Waals surface area contributed by atoms with Gasteiger partial charge in [0.2, 0.25) is 5.91 Å². The van der Waals surface area contributed by atoms with Gasteiger partial charge in [-0.1, -0.05) is 22.0 Å². The molecule has 0 aliphatic carbocycles. The van der Waals surface area contributed by atoms with Crippen LogP contribution in [0.25, 0.3) is 0 Å². The number of hydrogen-bond donors (Lipinski definition) is 1. The van der Waals surface area contributed by atoms with Crippen molar-refractivity contribution >= 4 is 21.8 Å². The predicted octanol–water partition coefficient (Wildman–Crippen LogP) is 2.03. The number of fused-ring (bicyclic) bond motifs is 1. The Morgan fingerprint density at radius 3 is 2.82 bits per heavy atom. The van der Waals surface area contributed by atoms with Crippen LogP contribution < -0.4 is 14.8 Å². The standard InChI is InChI=1S/C12H14BrNO3/c1-8(14-12(15)7-13)9-2-3-10-11(6-9)17-5-4-16-10/h2-3,6,8H,4-5,7H2,1H3,(H,14,15). The third-order valence-electron chi connectivity index (χ3n) is 2.57. The maximum atomic E-state index is 11.3. The summed E-state index contributed by atoms with van der Waals surface area (Å²) in [6.45, 7) is 3.09. The zero-order valence-corrected chi connectivity index (χ0v) is 11.1. The van der Waals surface area contributed by atoms with Crippen molar-refractivity contribution in [2.45, 2.75) is 13.0 Å². The molecule has 1 aliphatic rings. The minimum Gasteiger partial charge on any atom is -0.486 e. The third-order valence-corrected chi connectivity index (χ3v) is 3.07. The van der Waals surface area contributed by atoms with Gasteiger partial charge in [0, 0.05) is 0 Å². The summed E-state index contributed by atoms with van der Waals surface area (Å²) >= 11 is 3.12. The fraction of sp³-hybridized carbons (Fsp3) is 0.417. The van der Waals surface area contributed by atoms with Gasteiger partial charge in [-0.25, -0.2) is 0 Å². The summed E-state index contributed by atoms with van der Waals surface area (Å²) in [7, 11) is 0. The average molecular weight is 300 g/mol. The van der Waals surface area contributed by atoms with Crippen LogP contribution in [0, 0.1) is 0 Å². The molecule has 4 nitrogen and oxygen atoms in total. The molecule has 1 aromatic carbocycles. The molecule has 0 saturated heterocycles. The van der Waals surface area contributed by atoms with Crippen LogP contribution in [-0.4, -0.2) is 24.5 Å². The number of hydrogen-bond acceptors (Lipinski definition) is 3. The summed E-state index contributed by atoms with van der Waals surface area (Å²) in [6.07, 6.45) is 0. The Kier molecular flexibility index (Phi) is 3.89. The highest BCUT2D eigenvalue weighted by molar-refractivity contribution is 9.09. The van der Waals surface area contributed by atoms with Gasteiger partial charge < -0.3 is 14.8 Å². The minimum atomic E-state index is -0.0455. The summed E-state index contributed by atoms with van der Waals surface area (Å²) in [5, 5.41) is 3.18. The van der Waals surface area contributed by atoms with Gasteiger partial charge in [0.1, 0.15) is 13.2 Å². The van der Waals surface area contributed by atoms with Crippen molar-refractivity contribution in [3.05, 3.63) is 23.8 Å². The first-order valence-corrected chi connectivity index (χ1v) is 6.57. The average Bonchev–Trinajstić information content (AvgIpc) is 2.38. The van der Waals surface area contributed by atoms with Crippen molar-refractivity contribution in [2.24, 2.45) is 0 Å². The SMILES string of the molecule is CC(NC(=O)CBr)c1ccc2c(c1)OCCO2. The summed E-state index contributed by atoms with van der Waals surface area (Å²) in [6, 6.07) is 5.68. The molecular formula is C12H14BrNO3. The van der Waals surface area contributed by atoms with E-state index in [4.69, 9.17) is 9.47 Å². The van der Waals surface area contributed by atoms with Crippen LogP contribution in [0.4, 0.5) is 0 Å². The molecule has 2 rings (SSSR count). The van der Waals surface area contributed by atoms with Crippen LogP contribution in [0.5, 0.6) is 11.5 Å². The molecule has 1 N–H and O–H groups in total. The second kappa shape index (κ2) is 5.40. The van der Waals surface area contributed by atoms with Crippen LogP contribution in [-0.2, 0) is 4.79 Å². The van der Waals surface area contributed by atoms with Gasteiger partial charge >= 0.3 is 0 Å². The molecule has 0 bridgehead atoms. The smallest absolute Gasteiger partial charge is 0.231 e. The largest absolute Gasteiger partial charge is 0.486 e. The normalized spacial score (nSPS) is 15.2. The molecule has 5 heteroatoms. The van der Waals surface area contributed by atoms with Crippen molar-refractivity contribution in [2.75, 3.05) is 18.5 Å². The lowest BCUT2D eigenvalue weighted by molar-refractivity contribution is -0.119. The molecule has 0 fully saturated rings. The second-order valence-corrected chi connectivity index (χ2v) is 4.39. The lowest BCUT2D eigenvalue weighted by Gasteiger charge is -2.21. The first-order valence-electron chi connectivity index (χ1n) is 5.45. The van der Waals surface area contributed by atoms with Gasteiger partial charge in [0.15, 0.2) is 11.5 Å². The fourth-order valence-electron chi connectivity index (χ4n) is 1.69. The maximum absolute atomic E-state index is 11.3. The Labute approximate surface area is 108 Å². The Bertz CT molecular complexity index is 422. The Hall–Kier alpha value is -1.23. The zero-order chi connectivity index (χ0) is 12.3. The Balaban J connectivity index is 2.13. The first kappa shape index (κ1) is 12.2. The highest BCUT2D eigenvalue weighted by Crippen LogP contribution is 2.32. The molecule has 17 heavy (non-hydrogen) atoms. The van der Waals surface area contributed by atoms with E-state index in [-0.39, 0.29) is 11.9 Å². The van der Waals surface area contributed by atoms with Gasteiger partial charge in [0.05, 0.1) is 11.4 Å². The zero-order valence-electron chi connectivity index (χ0n) is 9.53. The maximum Gasteiger partial charge on any atom is 0.231 e. The minimum absolute atomic E-state index is 0.0348. The molecule has 1 aromatic rings. The first-order chi connectivity index (χ1) is 8.20. The van der Waals surface area contributed by atoms with Gasteiger partial charge in [-0.15, -0.1) is 0 Å². The van der Waals surface area contributed by atoms with Gasteiger partial charge in [-0.3, -0.25) is 4.79 Å². The van der Waals surface area contributed by atoms with Gasteiger partial charge in [0.25, 0.3) is 0 Å². The van der Waals surface area contributed by atoms with E-state index >= 15 is 0 Å². The monoisotopic (exact) mass is 299 g/mol. The van der Waals surface area contributed by atoms with E-state index in [2.05, 4.69) is 21.2 Å². The number of benzene rings is 1. The Morgan fingerprint density at radius 2 is 2.12 bits per heavy atom. The summed E-state index contributed by atoms with van der Waals surface area (Å²) < 4.78 is 10.9. The van der Waals surface area contributed by atoms with Crippen LogP contribution in [0.2, 0.25) is 0 Å². The lowest BCUT2D eigenvalue weighted by atomic mass is 10.1. The number of carbonyl (C=O) groups excluding carboxylic acids is 1.